The monoisotopic (exact) mass is 246 g/mol. The van der Waals surface area contributed by atoms with Crippen LogP contribution in [-0.2, 0) is 10.0 Å². The van der Waals surface area contributed by atoms with Crippen LogP contribution in [0.4, 0.5) is 5.69 Å². The molecular formula is C8H14N4O3S. The van der Waals surface area contributed by atoms with Gasteiger partial charge >= 0.3 is 0 Å². The molecule has 0 aliphatic rings. The molecule has 8 heteroatoms. The molecule has 16 heavy (non-hydrogen) atoms. The molecule has 90 valence electrons. The highest BCUT2D eigenvalue weighted by Gasteiger charge is 2.23. The van der Waals surface area contributed by atoms with Gasteiger partial charge in [0.25, 0.3) is 0 Å². The van der Waals surface area contributed by atoms with Gasteiger partial charge in [-0.05, 0) is 6.07 Å². The smallest absolute Gasteiger partial charge is 0.246 e. The van der Waals surface area contributed by atoms with Gasteiger partial charge in [0.15, 0.2) is 0 Å². The molecule has 1 rings (SSSR count). The largest absolute Gasteiger partial charge is 0.395 e. The number of nitrogens with one attached hydrogen (secondary N) is 1. The number of rotatable bonds is 5. The van der Waals surface area contributed by atoms with Crippen molar-refractivity contribution in [3.05, 3.63) is 18.5 Å². The van der Waals surface area contributed by atoms with Crippen molar-refractivity contribution in [2.45, 2.75) is 4.90 Å². The van der Waals surface area contributed by atoms with Crippen LogP contribution in [0.3, 0.4) is 0 Å². The summed E-state index contributed by atoms with van der Waals surface area (Å²) in [4.78, 5) is 3.72. The first kappa shape index (κ1) is 12.8. The van der Waals surface area contributed by atoms with E-state index >= 15 is 0 Å². The summed E-state index contributed by atoms with van der Waals surface area (Å²) in [5.41, 5.74) is 2.55. The minimum atomic E-state index is -3.68. The van der Waals surface area contributed by atoms with Gasteiger partial charge in [-0.25, -0.2) is 8.42 Å². The predicted octanol–water partition coefficient (Wildman–Crippen LogP) is -1.02. The number of hydrogen-bond donors (Lipinski definition) is 3. The molecule has 1 aromatic rings. The molecule has 0 fully saturated rings. The summed E-state index contributed by atoms with van der Waals surface area (Å²) in [5, 5.41) is 8.71. The van der Waals surface area contributed by atoms with Gasteiger partial charge in [0.2, 0.25) is 10.0 Å². The van der Waals surface area contributed by atoms with Crippen LogP contribution in [-0.4, -0.2) is 43.0 Å². The molecule has 0 unspecified atom stereocenters. The van der Waals surface area contributed by atoms with E-state index in [4.69, 9.17) is 10.9 Å². The molecule has 1 aromatic heterocycles. The Morgan fingerprint density at radius 2 is 2.31 bits per heavy atom. The number of nitrogens with zero attached hydrogens (tertiary/aromatic N) is 2. The number of anilines is 1. The lowest BCUT2D eigenvalue weighted by atomic mass is 10.4. The Labute approximate surface area is 93.9 Å². The SMILES string of the molecule is CN(CCO)S(=O)(=O)c1cnccc1NN. The summed E-state index contributed by atoms with van der Waals surface area (Å²) in [7, 11) is -2.30. The second-order valence-electron chi connectivity index (χ2n) is 3.07. The van der Waals surface area contributed by atoms with Crippen LogP contribution in [0, 0.1) is 0 Å². The first-order valence-corrected chi connectivity index (χ1v) is 5.96. The van der Waals surface area contributed by atoms with Crippen LogP contribution in [0.15, 0.2) is 23.4 Å². The maximum Gasteiger partial charge on any atom is 0.246 e. The molecule has 0 amide bonds. The van der Waals surface area contributed by atoms with E-state index in [9.17, 15) is 8.42 Å². The third-order valence-corrected chi connectivity index (χ3v) is 3.93. The molecule has 0 bridgehead atoms. The third-order valence-electron chi connectivity index (χ3n) is 2.04. The molecule has 0 aromatic carbocycles. The quantitative estimate of drug-likeness (QED) is 0.453. The Hall–Kier alpha value is -1.22. The van der Waals surface area contributed by atoms with Crippen LogP contribution in [0.1, 0.15) is 0 Å². The second kappa shape index (κ2) is 5.21. The molecule has 0 saturated carbocycles. The Morgan fingerprint density at radius 1 is 1.62 bits per heavy atom. The van der Waals surface area contributed by atoms with Gasteiger partial charge in [-0.3, -0.25) is 10.8 Å². The van der Waals surface area contributed by atoms with E-state index in [2.05, 4.69) is 10.4 Å². The van der Waals surface area contributed by atoms with Crippen LogP contribution < -0.4 is 11.3 Å². The zero-order valence-electron chi connectivity index (χ0n) is 8.79. The molecule has 0 radical (unpaired) electrons. The van der Waals surface area contributed by atoms with Crippen molar-refractivity contribution in [2.24, 2.45) is 5.84 Å². The number of pyridine rings is 1. The summed E-state index contributed by atoms with van der Waals surface area (Å²) in [5.74, 6) is 5.21. The number of hydrogen-bond acceptors (Lipinski definition) is 6. The molecule has 1 heterocycles. The fourth-order valence-corrected chi connectivity index (χ4v) is 2.39. The van der Waals surface area contributed by atoms with Gasteiger partial charge in [-0.2, -0.15) is 4.31 Å². The van der Waals surface area contributed by atoms with Crippen molar-refractivity contribution in [3.63, 3.8) is 0 Å². The van der Waals surface area contributed by atoms with Crippen molar-refractivity contribution in [1.29, 1.82) is 0 Å². The van der Waals surface area contributed by atoms with Gasteiger partial charge in [0.1, 0.15) is 4.90 Å². The fraction of sp³-hybridized carbons (Fsp3) is 0.375. The van der Waals surface area contributed by atoms with E-state index in [-0.39, 0.29) is 23.7 Å². The number of aliphatic hydroxyl groups excluding tert-OH is 1. The maximum atomic E-state index is 12.0. The molecule has 0 aliphatic carbocycles. The predicted molar refractivity (Wildman–Crippen MR) is 58.9 cm³/mol. The number of hydrazine groups is 1. The zero-order chi connectivity index (χ0) is 12.2. The highest BCUT2D eigenvalue weighted by molar-refractivity contribution is 7.89. The molecular weight excluding hydrogens is 232 g/mol. The lowest BCUT2D eigenvalue weighted by Crippen LogP contribution is -2.30. The highest BCUT2D eigenvalue weighted by Crippen LogP contribution is 2.21. The maximum absolute atomic E-state index is 12.0. The summed E-state index contributed by atoms with van der Waals surface area (Å²) < 4.78 is 25.0. The number of sulfonamides is 1. The Kier molecular flexibility index (Phi) is 4.19. The van der Waals surface area contributed by atoms with Gasteiger partial charge in [0.05, 0.1) is 12.3 Å². The first-order valence-electron chi connectivity index (χ1n) is 4.52. The van der Waals surface area contributed by atoms with Crippen molar-refractivity contribution < 1.29 is 13.5 Å². The Morgan fingerprint density at radius 3 is 2.88 bits per heavy atom. The van der Waals surface area contributed by atoms with Gasteiger partial charge in [-0.15, -0.1) is 0 Å². The number of aromatic nitrogens is 1. The average Bonchev–Trinajstić information content (AvgIpc) is 2.29. The summed E-state index contributed by atoms with van der Waals surface area (Å²) in [6, 6.07) is 1.46. The molecule has 0 atom stereocenters. The number of aliphatic hydroxyl groups is 1. The molecule has 4 N–H and O–H groups in total. The second-order valence-corrected chi connectivity index (χ2v) is 5.08. The summed E-state index contributed by atoms with van der Waals surface area (Å²) >= 11 is 0. The van der Waals surface area contributed by atoms with Crippen molar-refractivity contribution in [1.82, 2.24) is 9.29 Å². The van der Waals surface area contributed by atoms with Crippen molar-refractivity contribution in [2.75, 3.05) is 25.6 Å². The van der Waals surface area contributed by atoms with Crippen LogP contribution in [0.5, 0.6) is 0 Å². The van der Waals surface area contributed by atoms with Crippen LogP contribution in [0.25, 0.3) is 0 Å². The lowest BCUT2D eigenvalue weighted by Gasteiger charge is -2.17. The van der Waals surface area contributed by atoms with Gasteiger partial charge in [0, 0.05) is 26.0 Å². The topological polar surface area (TPSA) is 109 Å². The standard InChI is InChI=1S/C8H14N4O3S/c1-12(4-5-13)16(14,15)8-6-10-3-2-7(8)11-9/h2-3,6,13H,4-5,9H2,1H3,(H,10,11). The lowest BCUT2D eigenvalue weighted by molar-refractivity contribution is 0.266. The van der Waals surface area contributed by atoms with Gasteiger partial charge < -0.3 is 10.5 Å². The number of nitrogens with two attached hydrogens (primary N) is 1. The van der Waals surface area contributed by atoms with Crippen LogP contribution in [0.2, 0.25) is 0 Å². The molecule has 7 nitrogen and oxygen atoms in total. The molecule has 0 aliphatic heterocycles. The van der Waals surface area contributed by atoms with E-state index in [0.29, 0.717) is 0 Å². The summed E-state index contributed by atoms with van der Waals surface area (Å²) in [6.07, 6.45) is 2.64. The Balaban J connectivity index is 3.16. The number of likely N-dealkylation sites (N-methyl/N-ethyl adjacent to an activating group) is 1. The van der Waals surface area contributed by atoms with Crippen molar-refractivity contribution >= 4 is 15.7 Å². The normalized spacial score (nSPS) is 11.8. The highest BCUT2D eigenvalue weighted by atomic mass is 32.2. The minimum Gasteiger partial charge on any atom is -0.395 e. The van der Waals surface area contributed by atoms with Crippen molar-refractivity contribution in [3.8, 4) is 0 Å². The van der Waals surface area contributed by atoms with E-state index in [1.165, 1.54) is 25.5 Å². The van der Waals surface area contributed by atoms with Crippen LogP contribution >= 0.6 is 0 Å². The molecule has 0 saturated heterocycles. The minimum absolute atomic E-state index is 0.0151. The molecule has 0 spiro atoms. The van der Waals surface area contributed by atoms with Gasteiger partial charge in [-0.1, -0.05) is 0 Å². The third kappa shape index (κ3) is 2.47. The fourth-order valence-electron chi connectivity index (χ4n) is 1.13. The Bertz CT molecular complexity index is 448. The van der Waals surface area contributed by atoms with E-state index in [0.717, 1.165) is 4.31 Å². The summed E-state index contributed by atoms with van der Waals surface area (Å²) in [6.45, 7) is -0.234. The average molecular weight is 246 g/mol. The zero-order valence-corrected chi connectivity index (χ0v) is 9.61. The number of nitrogen functional groups attached to an aromatic ring is 1. The van der Waals surface area contributed by atoms with E-state index in [1.807, 2.05) is 0 Å². The van der Waals surface area contributed by atoms with E-state index in [1.54, 1.807) is 0 Å². The van der Waals surface area contributed by atoms with E-state index < -0.39 is 10.0 Å². The first-order chi connectivity index (χ1) is 7.54.